The highest BCUT2D eigenvalue weighted by molar-refractivity contribution is 6.02. The number of hydrogen-bond acceptors (Lipinski definition) is 4. The minimum Gasteiger partial charge on any atom is -0.493 e. The summed E-state index contributed by atoms with van der Waals surface area (Å²) < 4.78 is 12.2. The number of imidazole rings is 1. The molecule has 0 atom stereocenters. The number of aromatic amines is 1. The number of aromatic nitrogens is 3. The van der Waals surface area contributed by atoms with Crippen molar-refractivity contribution in [2.75, 3.05) is 19.5 Å². The molecule has 1 amide bonds. The summed E-state index contributed by atoms with van der Waals surface area (Å²) >= 11 is 0. The van der Waals surface area contributed by atoms with Crippen LogP contribution < -0.4 is 14.8 Å². The van der Waals surface area contributed by atoms with Crippen LogP contribution in [-0.4, -0.2) is 34.7 Å². The molecular formula is C15H16N4O3. The van der Waals surface area contributed by atoms with Gasteiger partial charge >= 0.3 is 0 Å². The first-order valence-electron chi connectivity index (χ1n) is 6.67. The Bertz CT molecular complexity index is 794. The van der Waals surface area contributed by atoms with Gasteiger partial charge in [0.25, 0.3) is 5.91 Å². The molecule has 114 valence electrons. The van der Waals surface area contributed by atoms with Gasteiger partial charge in [-0.3, -0.25) is 10.1 Å². The minimum atomic E-state index is -0.231. The van der Waals surface area contributed by atoms with Crippen molar-refractivity contribution in [2.24, 2.45) is 7.05 Å². The Kier molecular flexibility index (Phi) is 3.46. The molecule has 0 radical (unpaired) electrons. The standard InChI is InChI=1S/C15H16N4O3/c1-19-6-4-5-11(19)14(20)18-15-16-9-7-12(21-2)13(22-3)8-10(9)17-15/h4-8H,1-3H3,(H2,16,17,18,20). The van der Waals surface area contributed by atoms with Crippen molar-refractivity contribution in [1.82, 2.24) is 14.5 Å². The Labute approximate surface area is 126 Å². The van der Waals surface area contributed by atoms with Crippen LogP contribution in [0.3, 0.4) is 0 Å². The number of rotatable bonds is 4. The topological polar surface area (TPSA) is 81.2 Å². The Morgan fingerprint density at radius 3 is 2.64 bits per heavy atom. The van der Waals surface area contributed by atoms with Crippen LogP contribution >= 0.6 is 0 Å². The van der Waals surface area contributed by atoms with Gasteiger partial charge in [0.1, 0.15) is 5.69 Å². The summed E-state index contributed by atoms with van der Waals surface area (Å²) in [5.74, 6) is 1.32. The van der Waals surface area contributed by atoms with Gasteiger partial charge in [0.2, 0.25) is 5.95 Å². The molecular weight excluding hydrogens is 284 g/mol. The van der Waals surface area contributed by atoms with Gasteiger partial charge in [0.15, 0.2) is 11.5 Å². The number of nitrogens with zero attached hydrogens (tertiary/aromatic N) is 2. The number of nitrogens with one attached hydrogen (secondary N) is 2. The Hall–Kier alpha value is -2.96. The van der Waals surface area contributed by atoms with E-state index in [9.17, 15) is 4.79 Å². The highest BCUT2D eigenvalue weighted by atomic mass is 16.5. The molecule has 7 nitrogen and oxygen atoms in total. The Balaban J connectivity index is 1.92. The maximum Gasteiger partial charge on any atom is 0.274 e. The predicted molar refractivity (Wildman–Crippen MR) is 82.6 cm³/mol. The molecule has 0 fully saturated rings. The second-order valence-corrected chi connectivity index (χ2v) is 4.77. The maximum atomic E-state index is 12.2. The van der Waals surface area contributed by atoms with Crippen molar-refractivity contribution < 1.29 is 14.3 Å². The van der Waals surface area contributed by atoms with E-state index < -0.39 is 0 Å². The largest absolute Gasteiger partial charge is 0.493 e. The lowest BCUT2D eigenvalue weighted by Crippen LogP contribution is -2.16. The van der Waals surface area contributed by atoms with Gasteiger partial charge < -0.3 is 19.0 Å². The van der Waals surface area contributed by atoms with Crippen molar-refractivity contribution >= 4 is 22.9 Å². The zero-order valence-electron chi connectivity index (χ0n) is 12.5. The van der Waals surface area contributed by atoms with E-state index in [1.165, 1.54) is 0 Å². The molecule has 22 heavy (non-hydrogen) atoms. The summed E-state index contributed by atoms with van der Waals surface area (Å²) in [6, 6.07) is 7.08. The van der Waals surface area contributed by atoms with E-state index in [1.54, 1.807) is 37.0 Å². The fourth-order valence-electron chi connectivity index (χ4n) is 2.26. The van der Waals surface area contributed by atoms with Crippen LogP contribution in [0.1, 0.15) is 10.5 Å². The Morgan fingerprint density at radius 2 is 2.00 bits per heavy atom. The molecule has 0 saturated heterocycles. The van der Waals surface area contributed by atoms with Crippen LogP contribution in [0.25, 0.3) is 11.0 Å². The number of carbonyl (C=O) groups is 1. The molecule has 3 rings (SSSR count). The van der Waals surface area contributed by atoms with Crippen LogP contribution in [0.4, 0.5) is 5.95 Å². The number of anilines is 1. The molecule has 0 spiro atoms. The van der Waals surface area contributed by atoms with E-state index in [4.69, 9.17) is 9.47 Å². The second-order valence-electron chi connectivity index (χ2n) is 4.77. The number of aryl methyl sites for hydroxylation is 1. The number of fused-ring (bicyclic) bond motifs is 1. The summed E-state index contributed by atoms with van der Waals surface area (Å²) in [5.41, 5.74) is 1.98. The highest BCUT2D eigenvalue weighted by Crippen LogP contribution is 2.31. The summed E-state index contributed by atoms with van der Waals surface area (Å²) in [7, 11) is 4.94. The monoisotopic (exact) mass is 300 g/mol. The minimum absolute atomic E-state index is 0.231. The van der Waals surface area contributed by atoms with Crippen molar-refractivity contribution in [2.45, 2.75) is 0 Å². The van der Waals surface area contributed by atoms with Crippen LogP contribution in [0.5, 0.6) is 11.5 Å². The third-order valence-corrected chi connectivity index (χ3v) is 3.40. The molecule has 2 N–H and O–H groups in total. The molecule has 7 heteroatoms. The summed E-state index contributed by atoms with van der Waals surface area (Å²) in [6.07, 6.45) is 1.81. The van der Waals surface area contributed by atoms with Crippen molar-refractivity contribution in [3.05, 3.63) is 36.2 Å². The number of amides is 1. The normalized spacial score (nSPS) is 10.7. The molecule has 0 saturated carbocycles. The van der Waals surface area contributed by atoms with Gasteiger partial charge in [0, 0.05) is 25.4 Å². The fraction of sp³-hybridized carbons (Fsp3) is 0.200. The molecule has 0 unspecified atom stereocenters. The van der Waals surface area contributed by atoms with Gasteiger partial charge in [-0.25, -0.2) is 4.98 Å². The first kappa shape index (κ1) is 14.0. The second kappa shape index (κ2) is 5.44. The van der Waals surface area contributed by atoms with E-state index >= 15 is 0 Å². The number of H-pyrrole nitrogens is 1. The SMILES string of the molecule is COc1cc2nc(NC(=O)c3cccn3C)[nH]c2cc1OC. The molecule has 1 aromatic carbocycles. The van der Waals surface area contributed by atoms with Gasteiger partial charge in [-0.1, -0.05) is 0 Å². The molecule has 3 aromatic rings. The van der Waals surface area contributed by atoms with Crippen molar-refractivity contribution in [3.63, 3.8) is 0 Å². The smallest absolute Gasteiger partial charge is 0.274 e. The third kappa shape index (κ3) is 2.37. The van der Waals surface area contributed by atoms with E-state index in [2.05, 4.69) is 15.3 Å². The third-order valence-electron chi connectivity index (χ3n) is 3.40. The van der Waals surface area contributed by atoms with Crippen LogP contribution in [0, 0.1) is 0 Å². The molecule has 2 heterocycles. The van der Waals surface area contributed by atoms with E-state index in [0.717, 1.165) is 5.52 Å². The van der Waals surface area contributed by atoms with Gasteiger partial charge in [-0.15, -0.1) is 0 Å². The quantitative estimate of drug-likeness (QED) is 0.773. The lowest BCUT2D eigenvalue weighted by molar-refractivity contribution is 0.101. The lowest BCUT2D eigenvalue weighted by atomic mass is 10.3. The zero-order valence-corrected chi connectivity index (χ0v) is 12.5. The summed E-state index contributed by atoms with van der Waals surface area (Å²) in [4.78, 5) is 19.6. The lowest BCUT2D eigenvalue weighted by Gasteiger charge is -2.06. The molecule has 0 aliphatic rings. The number of carbonyl (C=O) groups excluding carboxylic acids is 1. The number of hydrogen-bond donors (Lipinski definition) is 2. The number of ether oxygens (including phenoxy) is 2. The highest BCUT2D eigenvalue weighted by Gasteiger charge is 2.13. The van der Waals surface area contributed by atoms with Crippen LogP contribution in [0.15, 0.2) is 30.5 Å². The molecule has 0 bridgehead atoms. The Morgan fingerprint density at radius 1 is 1.27 bits per heavy atom. The predicted octanol–water partition coefficient (Wildman–Crippen LogP) is 2.17. The van der Waals surface area contributed by atoms with E-state index in [-0.39, 0.29) is 5.91 Å². The van der Waals surface area contributed by atoms with Gasteiger partial charge in [0.05, 0.1) is 25.3 Å². The van der Waals surface area contributed by atoms with Crippen molar-refractivity contribution in [3.8, 4) is 11.5 Å². The summed E-state index contributed by atoms with van der Waals surface area (Å²) in [6.45, 7) is 0. The molecule has 2 aromatic heterocycles. The number of methoxy groups -OCH3 is 2. The first-order valence-corrected chi connectivity index (χ1v) is 6.67. The van der Waals surface area contributed by atoms with Crippen LogP contribution in [-0.2, 0) is 7.05 Å². The van der Waals surface area contributed by atoms with Gasteiger partial charge in [-0.2, -0.15) is 0 Å². The van der Waals surface area contributed by atoms with E-state index in [0.29, 0.717) is 28.7 Å². The van der Waals surface area contributed by atoms with Crippen LogP contribution in [0.2, 0.25) is 0 Å². The van der Waals surface area contributed by atoms with Gasteiger partial charge in [-0.05, 0) is 12.1 Å². The average molecular weight is 300 g/mol. The average Bonchev–Trinajstić information content (AvgIpc) is 3.10. The molecule has 0 aliphatic heterocycles. The zero-order chi connectivity index (χ0) is 15.7. The first-order chi connectivity index (χ1) is 10.6. The maximum absolute atomic E-state index is 12.2. The molecule has 0 aliphatic carbocycles. The van der Waals surface area contributed by atoms with Crippen molar-refractivity contribution in [1.29, 1.82) is 0 Å². The summed E-state index contributed by atoms with van der Waals surface area (Å²) in [5, 5.41) is 2.74. The van der Waals surface area contributed by atoms with E-state index in [1.807, 2.05) is 19.3 Å². The fourth-order valence-corrected chi connectivity index (χ4v) is 2.26. The number of benzene rings is 1.